The molecule has 0 N–H and O–H groups in total. The Hall–Kier alpha value is -2.87. The standard InChI is InChI=1S/C26H26FN/c1-26(2,3)25(20-13-15-21(27)16-14-20)23-18-28(17-19-9-5-4-6-10-19)24-12-8-7-11-22(23)24/h4-16,18,25H,17H2,1-3H3. The van der Waals surface area contributed by atoms with E-state index in [9.17, 15) is 4.39 Å². The van der Waals surface area contributed by atoms with Crippen LogP contribution in [0.15, 0.2) is 85.1 Å². The highest BCUT2D eigenvalue weighted by Gasteiger charge is 2.30. The molecular formula is C26H26FN. The summed E-state index contributed by atoms with van der Waals surface area (Å²) < 4.78 is 15.9. The van der Waals surface area contributed by atoms with E-state index in [-0.39, 0.29) is 17.2 Å². The molecule has 0 fully saturated rings. The Morgan fingerprint density at radius 1 is 0.821 bits per heavy atom. The molecule has 0 aliphatic rings. The highest BCUT2D eigenvalue weighted by molar-refractivity contribution is 5.85. The van der Waals surface area contributed by atoms with E-state index < -0.39 is 0 Å². The monoisotopic (exact) mass is 371 g/mol. The van der Waals surface area contributed by atoms with Crippen molar-refractivity contribution in [1.82, 2.24) is 4.57 Å². The van der Waals surface area contributed by atoms with Gasteiger partial charge in [0, 0.05) is 29.6 Å². The van der Waals surface area contributed by atoms with Gasteiger partial charge in [-0.1, -0.05) is 81.4 Å². The molecular weight excluding hydrogens is 345 g/mol. The lowest BCUT2D eigenvalue weighted by Gasteiger charge is -2.31. The van der Waals surface area contributed by atoms with E-state index in [1.165, 1.54) is 22.0 Å². The Labute approximate surface area is 166 Å². The number of hydrogen-bond donors (Lipinski definition) is 0. The normalized spacial score (nSPS) is 13.0. The highest BCUT2D eigenvalue weighted by atomic mass is 19.1. The Balaban J connectivity index is 1.87. The lowest BCUT2D eigenvalue weighted by Crippen LogP contribution is -2.19. The molecule has 1 unspecified atom stereocenters. The minimum Gasteiger partial charge on any atom is -0.343 e. The molecule has 1 heterocycles. The minimum absolute atomic E-state index is 0.000465. The van der Waals surface area contributed by atoms with Crippen LogP contribution in [0.2, 0.25) is 0 Å². The summed E-state index contributed by atoms with van der Waals surface area (Å²) >= 11 is 0. The predicted molar refractivity (Wildman–Crippen MR) is 115 cm³/mol. The summed E-state index contributed by atoms with van der Waals surface area (Å²) in [6.07, 6.45) is 2.29. The molecule has 142 valence electrons. The summed E-state index contributed by atoms with van der Waals surface area (Å²) in [4.78, 5) is 0. The molecule has 0 aliphatic heterocycles. The summed E-state index contributed by atoms with van der Waals surface area (Å²) in [5, 5.41) is 1.27. The van der Waals surface area contributed by atoms with Crippen molar-refractivity contribution in [2.45, 2.75) is 33.2 Å². The third kappa shape index (κ3) is 3.60. The number of rotatable bonds is 4. The van der Waals surface area contributed by atoms with Gasteiger partial charge in [-0.15, -0.1) is 0 Å². The average molecular weight is 371 g/mol. The number of fused-ring (bicyclic) bond motifs is 1. The molecule has 1 aromatic heterocycles. The summed E-state index contributed by atoms with van der Waals surface area (Å²) in [5.74, 6) is -0.0158. The molecule has 0 aliphatic carbocycles. The van der Waals surface area contributed by atoms with Gasteiger partial charge in [-0.25, -0.2) is 4.39 Å². The maximum Gasteiger partial charge on any atom is 0.123 e. The quantitative estimate of drug-likeness (QED) is 0.364. The largest absolute Gasteiger partial charge is 0.343 e. The molecule has 4 aromatic rings. The number of hydrogen-bond acceptors (Lipinski definition) is 0. The smallest absolute Gasteiger partial charge is 0.123 e. The third-order valence-electron chi connectivity index (χ3n) is 5.40. The highest BCUT2D eigenvalue weighted by Crippen LogP contribution is 2.43. The Morgan fingerprint density at radius 2 is 1.46 bits per heavy atom. The van der Waals surface area contributed by atoms with Crippen molar-refractivity contribution in [1.29, 1.82) is 0 Å². The minimum atomic E-state index is -0.192. The predicted octanol–water partition coefficient (Wildman–Crippen LogP) is 7.01. The zero-order valence-electron chi connectivity index (χ0n) is 16.7. The first-order valence-electron chi connectivity index (χ1n) is 9.80. The van der Waals surface area contributed by atoms with Crippen LogP contribution in [-0.2, 0) is 6.54 Å². The van der Waals surface area contributed by atoms with Gasteiger partial charge in [0.2, 0.25) is 0 Å². The molecule has 0 radical (unpaired) electrons. The van der Waals surface area contributed by atoms with Crippen LogP contribution < -0.4 is 0 Å². The molecule has 2 heteroatoms. The number of aromatic nitrogens is 1. The van der Waals surface area contributed by atoms with E-state index in [1.807, 2.05) is 18.2 Å². The van der Waals surface area contributed by atoms with E-state index in [4.69, 9.17) is 0 Å². The maximum atomic E-state index is 13.5. The molecule has 0 amide bonds. The van der Waals surface area contributed by atoms with Crippen LogP contribution in [0.25, 0.3) is 10.9 Å². The van der Waals surface area contributed by atoms with Crippen LogP contribution in [0.4, 0.5) is 4.39 Å². The van der Waals surface area contributed by atoms with E-state index in [0.717, 1.165) is 12.1 Å². The average Bonchev–Trinajstić information content (AvgIpc) is 3.02. The van der Waals surface area contributed by atoms with Gasteiger partial charge in [0.25, 0.3) is 0 Å². The number of benzene rings is 3. The Kier molecular flexibility index (Phi) is 4.80. The molecule has 4 rings (SSSR count). The summed E-state index contributed by atoms with van der Waals surface area (Å²) in [6.45, 7) is 7.60. The Bertz CT molecular complexity index is 1070. The first-order valence-corrected chi connectivity index (χ1v) is 9.80. The first-order chi connectivity index (χ1) is 13.4. The molecule has 0 saturated heterocycles. The lowest BCUT2D eigenvalue weighted by molar-refractivity contribution is 0.359. The fourth-order valence-electron chi connectivity index (χ4n) is 4.22. The molecule has 0 spiro atoms. The van der Waals surface area contributed by atoms with E-state index >= 15 is 0 Å². The Morgan fingerprint density at radius 3 is 2.14 bits per heavy atom. The number of para-hydroxylation sites is 1. The van der Waals surface area contributed by atoms with Gasteiger partial charge in [0.15, 0.2) is 0 Å². The van der Waals surface area contributed by atoms with Gasteiger partial charge in [-0.05, 0) is 40.3 Å². The summed E-state index contributed by atoms with van der Waals surface area (Å²) in [7, 11) is 0. The first kappa shape index (κ1) is 18.5. The second-order valence-corrected chi connectivity index (χ2v) is 8.57. The summed E-state index contributed by atoms with van der Waals surface area (Å²) in [5.41, 5.74) is 4.96. The van der Waals surface area contributed by atoms with E-state index in [1.54, 1.807) is 12.1 Å². The zero-order chi connectivity index (χ0) is 19.7. The van der Waals surface area contributed by atoms with Crippen molar-refractivity contribution in [2.24, 2.45) is 5.41 Å². The van der Waals surface area contributed by atoms with Gasteiger partial charge in [-0.3, -0.25) is 0 Å². The van der Waals surface area contributed by atoms with Crippen molar-refractivity contribution in [2.75, 3.05) is 0 Å². The van der Waals surface area contributed by atoms with Crippen LogP contribution in [-0.4, -0.2) is 4.57 Å². The fraction of sp³-hybridized carbons (Fsp3) is 0.231. The third-order valence-corrected chi connectivity index (χ3v) is 5.40. The SMILES string of the molecule is CC(C)(C)C(c1ccc(F)cc1)c1cn(Cc2ccccc2)c2ccccc12. The lowest BCUT2D eigenvalue weighted by atomic mass is 9.72. The van der Waals surface area contributed by atoms with E-state index in [0.29, 0.717) is 0 Å². The second-order valence-electron chi connectivity index (χ2n) is 8.57. The molecule has 0 saturated carbocycles. The van der Waals surface area contributed by atoms with Gasteiger partial charge in [-0.2, -0.15) is 0 Å². The van der Waals surface area contributed by atoms with Crippen LogP contribution in [0.5, 0.6) is 0 Å². The second kappa shape index (κ2) is 7.27. The molecule has 0 bridgehead atoms. The van der Waals surface area contributed by atoms with Gasteiger partial charge >= 0.3 is 0 Å². The molecule has 1 nitrogen and oxygen atoms in total. The molecule has 1 atom stereocenters. The van der Waals surface area contributed by atoms with Crippen molar-refractivity contribution in [3.63, 3.8) is 0 Å². The number of nitrogens with zero attached hydrogens (tertiary/aromatic N) is 1. The van der Waals surface area contributed by atoms with Crippen molar-refractivity contribution in [3.8, 4) is 0 Å². The van der Waals surface area contributed by atoms with Gasteiger partial charge < -0.3 is 4.57 Å². The van der Waals surface area contributed by atoms with Crippen LogP contribution >= 0.6 is 0 Å². The maximum absolute atomic E-state index is 13.5. The topological polar surface area (TPSA) is 4.93 Å². The number of halogens is 1. The van der Waals surface area contributed by atoms with Crippen LogP contribution in [0.1, 0.15) is 43.4 Å². The van der Waals surface area contributed by atoms with Crippen molar-refractivity contribution < 1.29 is 4.39 Å². The summed E-state index contributed by atoms with van der Waals surface area (Å²) in [6, 6.07) is 26.1. The molecule has 28 heavy (non-hydrogen) atoms. The van der Waals surface area contributed by atoms with E-state index in [2.05, 4.69) is 80.1 Å². The fourth-order valence-corrected chi connectivity index (χ4v) is 4.22. The molecule has 3 aromatic carbocycles. The van der Waals surface area contributed by atoms with Gasteiger partial charge in [0.05, 0.1) is 0 Å². The van der Waals surface area contributed by atoms with Gasteiger partial charge in [0.1, 0.15) is 5.82 Å². The van der Waals surface area contributed by atoms with Crippen LogP contribution in [0, 0.1) is 11.2 Å². The van der Waals surface area contributed by atoms with Crippen molar-refractivity contribution in [3.05, 3.63) is 108 Å². The van der Waals surface area contributed by atoms with Crippen LogP contribution in [0.3, 0.4) is 0 Å². The van der Waals surface area contributed by atoms with Crippen molar-refractivity contribution >= 4 is 10.9 Å². The zero-order valence-corrected chi connectivity index (χ0v) is 16.7.